The van der Waals surface area contributed by atoms with E-state index in [1.807, 2.05) is 0 Å². The summed E-state index contributed by atoms with van der Waals surface area (Å²) in [5.74, 6) is -0.337. The first-order chi connectivity index (χ1) is 8.03. The molecule has 0 bridgehead atoms. The van der Waals surface area contributed by atoms with Crippen LogP contribution in [-0.4, -0.2) is 15.0 Å². The molecule has 1 aliphatic rings. The van der Waals surface area contributed by atoms with Crippen molar-refractivity contribution in [2.75, 3.05) is 6.54 Å². The van der Waals surface area contributed by atoms with Gasteiger partial charge in [0.1, 0.15) is 10.7 Å². The maximum atomic E-state index is 13.5. The summed E-state index contributed by atoms with van der Waals surface area (Å²) in [6, 6.07) is 3.90. The number of hydrogen-bond acceptors (Lipinski definition) is 3. The highest BCUT2D eigenvalue weighted by Crippen LogP contribution is 2.28. The molecular formula is C11H15FN2O2S. The van der Waals surface area contributed by atoms with Gasteiger partial charge in [0.15, 0.2) is 0 Å². The van der Waals surface area contributed by atoms with E-state index in [1.165, 1.54) is 12.1 Å². The molecule has 1 aromatic carbocycles. The molecule has 1 aliphatic carbocycles. The summed E-state index contributed by atoms with van der Waals surface area (Å²) in [6.07, 6.45) is 2.07. The zero-order valence-corrected chi connectivity index (χ0v) is 10.1. The minimum atomic E-state index is -3.76. The van der Waals surface area contributed by atoms with Crippen LogP contribution in [0.3, 0.4) is 0 Å². The maximum absolute atomic E-state index is 13.5. The quantitative estimate of drug-likeness (QED) is 0.826. The summed E-state index contributed by atoms with van der Waals surface area (Å²) in [5, 5.41) is 0. The van der Waals surface area contributed by atoms with E-state index >= 15 is 0 Å². The third-order valence-corrected chi connectivity index (χ3v) is 4.22. The second-order valence-electron chi connectivity index (χ2n) is 4.26. The second kappa shape index (κ2) is 4.72. The predicted octanol–water partition coefficient (Wildman–Crippen LogP) is 0.973. The molecule has 0 aliphatic heterocycles. The molecule has 1 fully saturated rings. The van der Waals surface area contributed by atoms with Crippen LogP contribution in [0.15, 0.2) is 23.1 Å². The van der Waals surface area contributed by atoms with Gasteiger partial charge in [0, 0.05) is 13.1 Å². The highest BCUT2D eigenvalue weighted by Gasteiger charge is 2.25. The largest absolute Gasteiger partial charge is 0.326 e. The summed E-state index contributed by atoms with van der Waals surface area (Å²) in [5.41, 5.74) is 6.00. The second-order valence-corrected chi connectivity index (χ2v) is 6.00. The summed E-state index contributed by atoms with van der Waals surface area (Å²) in [4.78, 5) is -0.318. The maximum Gasteiger partial charge on any atom is 0.243 e. The predicted molar refractivity (Wildman–Crippen MR) is 62.2 cm³/mol. The molecule has 3 N–H and O–H groups in total. The van der Waals surface area contributed by atoms with E-state index in [4.69, 9.17) is 5.73 Å². The third kappa shape index (κ3) is 3.02. The lowest BCUT2D eigenvalue weighted by Crippen LogP contribution is -2.26. The zero-order valence-electron chi connectivity index (χ0n) is 9.32. The minimum absolute atomic E-state index is 0.186. The highest BCUT2D eigenvalue weighted by molar-refractivity contribution is 7.89. The number of benzene rings is 1. The van der Waals surface area contributed by atoms with Gasteiger partial charge < -0.3 is 5.73 Å². The lowest BCUT2D eigenvalue weighted by Gasteiger charge is -2.08. The number of nitrogens with one attached hydrogen (secondary N) is 1. The summed E-state index contributed by atoms with van der Waals surface area (Å²) in [7, 11) is -3.76. The van der Waals surface area contributed by atoms with Gasteiger partial charge in [0.05, 0.1) is 0 Å². The molecule has 2 rings (SSSR count). The first kappa shape index (κ1) is 12.5. The molecule has 0 unspecified atom stereocenters. The van der Waals surface area contributed by atoms with E-state index in [2.05, 4.69) is 4.72 Å². The molecule has 0 radical (unpaired) electrons. The molecule has 17 heavy (non-hydrogen) atoms. The van der Waals surface area contributed by atoms with Crippen molar-refractivity contribution < 1.29 is 12.8 Å². The molecule has 0 spiro atoms. The van der Waals surface area contributed by atoms with Crippen LogP contribution in [0.4, 0.5) is 4.39 Å². The van der Waals surface area contributed by atoms with E-state index in [-0.39, 0.29) is 11.4 Å². The lowest BCUT2D eigenvalue weighted by molar-refractivity contribution is 0.553. The summed E-state index contributed by atoms with van der Waals surface area (Å²) < 4.78 is 39.6. The zero-order chi connectivity index (χ0) is 12.5. The van der Waals surface area contributed by atoms with Crippen molar-refractivity contribution in [3.8, 4) is 0 Å². The van der Waals surface area contributed by atoms with Crippen LogP contribution in [0, 0.1) is 11.7 Å². The van der Waals surface area contributed by atoms with Crippen molar-refractivity contribution in [2.45, 2.75) is 24.3 Å². The van der Waals surface area contributed by atoms with Gasteiger partial charge in [-0.2, -0.15) is 0 Å². The van der Waals surface area contributed by atoms with Gasteiger partial charge in [-0.05, 0) is 36.5 Å². The molecule has 0 saturated heterocycles. The molecule has 1 aromatic rings. The number of sulfonamides is 1. The lowest BCUT2D eigenvalue weighted by atomic mass is 10.2. The Bertz CT molecular complexity index is 512. The molecule has 94 valence electrons. The number of hydrogen-bond donors (Lipinski definition) is 2. The Hall–Kier alpha value is -0.980. The summed E-state index contributed by atoms with van der Waals surface area (Å²) in [6.45, 7) is 0.569. The standard InChI is InChI=1S/C11H15FN2O2S/c12-10-4-3-9(6-13)5-11(10)17(15,16)14-7-8-1-2-8/h3-5,8,14H,1-2,6-7,13H2. The van der Waals surface area contributed by atoms with Gasteiger partial charge in [-0.1, -0.05) is 6.07 Å². The molecule has 6 heteroatoms. The average Bonchev–Trinajstić information content (AvgIpc) is 3.11. The number of rotatable bonds is 5. The van der Waals surface area contributed by atoms with E-state index in [0.29, 0.717) is 18.0 Å². The van der Waals surface area contributed by atoms with E-state index < -0.39 is 15.8 Å². The smallest absolute Gasteiger partial charge is 0.243 e. The fraction of sp³-hybridized carbons (Fsp3) is 0.455. The molecule has 1 saturated carbocycles. The molecule has 0 amide bonds. The summed E-state index contributed by atoms with van der Waals surface area (Å²) >= 11 is 0. The monoisotopic (exact) mass is 258 g/mol. The third-order valence-electron chi connectivity index (χ3n) is 2.78. The van der Waals surface area contributed by atoms with E-state index in [0.717, 1.165) is 18.9 Å². The Balaban J connectivity index is 2.23. The van der Waals surface area contributed by atoms with Crippen molar-refractivity contribution in [1.29, 1.82) is 0 Å². The van der Waals surface area contributed by atoms with Gasteiger partial charge in [-0.3, -0.25) is 0 Å². The average molecular weight is 258 g/mol. The fourth-order valence-corrected chi connectivity index (χ4v) is 2.75. The van der Waals surface area contributed by atoms with E-state index in [1.54, 1.807) is 0 Å². The van der Waals surface area contributed by atoms with Crippen LogP contribution in [0.1, 0.15) is 18.4 Å². The van der Waals surface area contributed by atoms with Crippen LogP contribution in [-0.2, 0) is 16.6 Å². The fourth-order valence-electron chi connectivity index (χ4n) is 1.51. The SMILES string of the molecule is NCc1ccc(F)c(S(=O)(=O)NCC2CC2)c1. The highest BCUT2D eigenvalue weighted by atomic mass is 32.2. The molecule has 0 atom stereocenters. The first-order valence-corrected chi connectivity index (χ1v) is 6.99. The Morgan fingerprint density at radius 3 is 2.71 bits per heavy atom. The van der Waals surface area contributed by atoms with Crippen LogP contribution in [0.5, 0.6) is 0 Å². The first-order valence-electron chi connectivity index (χ1n) is 5.51. The van der Waals surface area contributed by atoms with Gasteiger partial charge in [0.25, 0.3) is 0 Å². The van der Waals surface area contributed by atoms with Gasteiger partial charge in [-0.15, -0.1) is 0 Å². The van der Waals surface area contributed by atoms with Gasteiger partial charge >= 0.3 is 0 Å². The Morgan fingerprint density at radius 1 is 1.41 bits per heavy atom. The Morgan fingerprint density at radius 2 is 2.12 bits per heavy atom. The Labute approximate surface area is 100 Å². The van der Waals surface area contributed by atoms with Crippen LogP contribution >= 0.6 is 0 Å². The number of halogens is 1. The van der Waals surface area contributed by atoms with Crippen molar-refractivity contribution in [3.05, 3.63) is 29.6 Å². The topological polar surface area (TPSA) is 72.2 Å². The minimum Gasteiger partial charge on any atom is -0.326 e. The normalized spacial score (nSPS) is 16.1. The van der Waals surface area contributed by atoms with Gasteiger partial charge in [-0.25, -0.2) is 17.5 Å². The molecular weight excluding hydrogens is 243 g/mol. The van der Waals surface area contributed by atoms with Crippen molar-refractivity contribution in [2.24, 2.45) is 11.7 Å². The van der Waals surface area contributed by atoms with Crippen LogP contribution < -0.4 is 10.5 Å². The molecule has 4 nitrogen and oxygen atoms in total. The van der Waals surface area contributed by atoms with Crippen molar-refractivity contribution in [1.82, 2.24) is 4.72 Å². The number of nitrogens with two attached hydrogens (primary N) is 1. The van der Waals surface area contributed by atoms with E-state index in [9.17, 15) is 12.8 Å². The van der Waals surface area contributed by atoms with Crippen LogP contribution in [0.25, 0.3) is 0 Å². The van der Waals surface area contributed by atoms with Crippen LogP contribution in [0.2, 0.25) is 0 Å². The Kier molecular flexibility index (Phi) is 3.46. The van der Waals surface area contributed by atoms with Gasteiger partial charge in [0.2, 0.25) is 10.0 Å². The molecule has 0 heterocycles. The molecule has 0 aromatic heterocycles. The van der Waals surface area contributed by atoms with Crippen molar-refractivity contribution >= 4 is 10.0 Å². The van der Waals surface area contributed by atoms with Crippen molar-refractivity contribution in [3.63, 3.8) is 0 Å².